The normalized spacial score (nSPS) is 18.4. The Morgan fingerprint density at radius 2 is 2.09 bits per heavy atom. The van der Waals surface area contributed by atoms with Gasteiger partial charge in [0, 0.05) is 24.1 Å². The van der Waals surface area contributed by atoms with Gasteiger partial charge in [0.1, 0.15) is 0 Å². The number of ether oxygens (including phenoxy) is 1. The molecule has 0 saturated carbocycles. The zero-order chi connectivity index (χ0) is 16.7. The molecular formula is C16H22BrN3O3. The molecule has 1 fully saturated rings. The van der Waals surface area contributed by atoms with Gasteiger partial charge in [0.2, 0.25) is 5.91 Å². The topological polar surface area (TPSA) is 70.7 Å². The molecule has 1 aromatic rings. The monoisotopic (exact) mass is 383 g/mol. The van der Waals surface area contributed by atoms with Gasteiger partial charge in [-0.3, -0.25) is 15.0 Å². The highest BCUT2D eigenvalue weighted by Gasteiger charge is 2.23. The van der Waals surface area contributed by atoms with Crippen LogP contribution in [0.4, 0.5) is 4.79 Å². The molecule has 0 spiro atoms. The molecule has 0 aliphatic carbocycles. The molecule has 1 saturated heterocycles. The Morgan fingerprint density at radius 3 is 2.78 bits per heavy atom. The summed E-state index contributed by atoms with van der Waals surface area (Å²) in [5.41, 5.74) is 1.08. The van der Waals surface area contributed by atoms with E-state index in [0.717, 1.165) is 16.5 Å². The maximum Gasteiger partial charge on any atom is 0.321 e. The summed E-state index contributed by atoms with van der Waals surface area (Å²) in [6, 6.07) is 7.53. The Morgan fingerprint density at radius 1 is 1.35 bits per heavy atom. The first-order valence-electron chi connectivity index (χ1n) is 7.75. The third-order valence-electron chi connectivity index (χ3n) is 3.55. The van der Waals surface area contributed by atoms with Gasteiger partial charge in [-0.25, -0.2) is 4.79 Å². The SMILES string of the molecule is CCCNC(=O)NC(=O)CN1CCOC(c2ccc(Br)cc2)C1. The molecule has 1 aliphatic heterocycles. The van der Waals surface area contributed by atoms with Crippen molar-refractivity contribution >= 4 is 27.9 Å². The zero-order valence-corrected chi connectivity index (χ0v) is 14.8. The minimum Gasteiger partial charge on any atom is -0.371 e. The van der Waals surface area contributed by atoms with Crippen molar-refractivity contribution in [1.82, 2.24) is 15.5 Å². The highest BCUT2D eigenvalue weighted by molar-refractivity contribution is 9.10. The van der Waals surface area contributed by atoms with Crippen LogP contribution in [0.1, 0.15) is 25.0 Å². The maximum atomic E-state index is 11.9. The van der Waals surface area contributed by atoms with Gasteiger partial charge < -0.3 is 10.1 Å². The fourth-order valence-corrected chi connectivity index (χ4v) is 2.64. The lowest BCUT2D eigenvalue weighted by atomic mass is 10.1. The van der Waals surface area contributed by atoms with Crippen molar-refractivity contribution in [2.24, 2.45) is 0 Å². The molecule has 6 nitrogen and oxygen atoms in total. The molecule has 0 aromatic heterocycles. The van der Waals surface area contributed by atoms with E-state index in [1.807, 2.05) is 36.1 Å². The second-order valence-corrected chi connectivity index (χ2v) is 6.37. The molecule has 126 valence electrons. The van der Waals surface area contributed by atoms with Crippen LogP contribution in [0.5, 0.6) is 0 Å². The predicted molar refractivity (Wildman–Crippen MR) is 91.1 cm³/mol. The molecule has 2 N–H and O–H groups in total. The van der Waals surface area contributed by atoms with Crippen molar-refractivity contribution in [3.05, 3.63) is 34.3 Å². The Hall–Kier alpha value is -1.44. The number of carbonyl (C=O) groups is 2. The first-order chi connectivity index (χ1) is 11.1. The van der Waals surface area contributed by atoms with Gasteiger partial charge in [-0.05, 0) is 24.1 Å². The van der Waals surface area contributed by atoms with Crippen LogP contribution in [0.15, 0.2) is 28.7 Å². The molecule has 1 aliphatic rings. The van der Waals surface area contributed by atoms with Gasteiger partial charge in [-0.15, -0.1) is 0 Å². The van der Waals surface area contributed by atoms with Crippen LogP contribution >= 0.6 is 15.9 Å². The van der Waals surface area contributed by atoms with Gasteiger partial charge >= 0.3 is 6.03 Å². The van der Waals surface area contributed by atoms with Crippen molar-refractivity contribution in [3.63, 3.8) is 0 Å². The fraction of sp³-hybridized carbons (Fsp3) is 0.500. The number of urea groups is 1. The average molecular weight is 384 g/mol. The van der Waals surface area contributed by atoms with Crippen LogP contribution in [-0.2, 0) is 9.53 Å². The lowest BCUT2D eigenvalue weighted by Gasteiger charge is -2.32. The number of hydrogen-bond acceptors (Lipinski definition) is 4. The molecule has 23 heavy (non-hydrogen) atoms. The Balaban J connectivity index is 1.82. The summed E-state index contributed by atoms with van der Waals surface area (Å²) in [7, 11) is 0. The first-order valence-corrected chi connectivity index (χ1v) is 8.55. The first kappa shape index (κ1) is 17.9. The van der Waals surface area contributed by atoms with E-state index in [4.69, 9.17) is 4.74 Å². The largest absolute Gasteiger partial charge is 0.371 e. The van der Waals surface area contributed by atoms with Crippen LogP contribution < -0.4 is 10.6 Å². The van der Waals surface area contributed by atoms with Gasteiger partial charge in [-0.1, -0.05) is 35.0 Å². The highest BCUT2D eigenvalue weighted by atomic mass is 79.9. The molecule has 2 rings (SSSR count). The van der Waals surface area contributed by atoms with Gasteiger partial charge in [-0.2, -0.15) is 0 Å². The average Bonchev–Trinajstić information content (AvgIpc) is 2.53. The van der Waals surface area contributed by atoms with Crippen molar-refractivity contribution in [2.75, 3.05) is 32.8 Å². The quantitative estimate of drug-likeness (QED) is 0.816. The van der Waals surface area contributed by atoms with Crippen molar-refractivity contribution in [2.45, 2.75) is 19.4 Å². The van der Waals surface area contributed by atoms with Crippen LogP contribution in [0.25, 0.3) is 0 Å². The third kappa shape index (κ3) is 5.93. The van der Waals surface area contributed by atoms with E-state index >= 15 is 0 Å². The summed E-state index contributed by atoms with van der Waals surface area (Å²) in [4.78, 5) is 25.4. The van der Waals surface area contributed by atoms with Crippen LogP contribution in [0, 0.1) is 0 Å². The predicted octanol–water partition coefficient (Wildman–Crippen LogP) is 2.06. The Labute approximate surface area is 144 Å². The highest BCUT2D eigenvalue weighted by Crippen LogP contribution is 2.23. The maximum absolute atomic E-state index is 11.9. The minimum atomic E-state index is -0.436. The number of halogens is 1. The number of amides is 3. The number of nitrogens with zero attached hydrogens (tertiary/aromatic N) is 1. The molecule has 0 bridgehead atoms. The van der Waals surface area contributed by atoms with E-state index in [1.54, 1.807) is 0 Å². The van der Waals surface area contributed by atoms with Crippen molar-refractivity contribution in [3.8, 4) is 0 Å². The fourth-order valence-electron chi connectivity index (χ4n) is 2.38. The number of hydrogen-bond donors (Lipinski definition) is 2. The molecule has 3 amide bonds. The third-order valence-corrected chi connectivity index (χ3v) is 4.08. The number of benzene rings is 1. The minimum absolute atomic E-state index is 0.0569. The second-order valence-electron chi connectivity index (χ2n) is 5.45. The summed E-state index contributed by atoms with van der Waals surface area (Å²) >= 11 is 3.41. The molecule has 0 radical (unpaired) electrons. The van der Waals surface area contributed by atoms with E-state index < -0.39 is 6.03 Å². The molecule has 7 heteroatoms. The van der Waals surface area contributed by atoms with Crippen molar-refractivity contribution in [1.29, 1.82) is 0 Å². The van der Waals surface area contributed by atoms with Crippen LogP contribution in [0.3, 0.4) is 0 Å². The van der Waals surface area contributed by atoms with E-state index in [-0.39, 0.29) is 18.6 Å². The Bertz CT molecular complexity index is 536. The molecule has 1 atom stereocenters. The lowest BCUT2D eigenvalue weighted by Crippen LogP contribution is -2.47. The van der Waals surface area contributed by atoms with Crippen molar-refractivity contribution < 1.29 is 14.3 Å². The van der Waals surface area contributed by atoms with Crippen LogP contribution in [0.2, 0.25) is 0 Å². The van der Waals surface area contributed by atoms with E-state index in [9.17, 15) is 9.59 Å². The molecular weight excluding hydrogens is 362 g/mol. The summed E-state index contributed by atoms with van der Waals surface area (Å²) in [6.45, 7) is 4.58. The lowest BCUT2D eigenvalue weighted by molar-refractivity contribution is -0.123. The van der Waals surface area contributed by atoms with E-state index in [1.165, 1.54) is 0 Å². The van der Waals surface area contributed by atoms with E-state index in [2.05, 4.69) is 26.6 Å². The zero-order valence-electron chi connectivity index (χ0n) is 13.2. The second kappa shape index (κ2) is 9.00. The smallest absolute Gasteiger partial charge is 0.321 e. The summed E-state index contributed by atoms with van der Waals surface area (Å²) in [5, 5.41) is 4.97. The Kier molecular flexibility index (Phi) is 7.01. The molecule has 1 aromatic carbocycles. The van der Waals surface area contributed by atoms with E-state index in [0.29, 0.717) is 26.2 Å². The summed E-state index contributed by atoms with van der Waals surface area (Å²) in [5.74, 6) is -0.296. The number of nitrogens with one attached hydrogen (secondary N) is 2. The van der Waals surface area contributed by atoms with Gasteiger partial charge in [0.25, 0.3) is 0 Å². The number of rotatable bonds is 5. The number of morpholine rings is 1. The summed E-state index contributed by atoms with van der Waals surface area (Å²) < 4.78 is 6.80. The summed E-state index contributed by atoms with van der Waals surface area (Å²) in [6.07, 6.45) is 0.776. The van der Waals surface area contributed by atoms with Crippen LogP contribution in [-0.4, -0.2) is 49.6 Å². The molecule has 1 heterocycles. The van der Waals surface area contributed by atoms with Gasteiger partial charge in [0.15, 0.2) is 0 Å². The number of carbonyl (C=O) groups excluding carboxylic acids is 2. The standard InChI is InChI=1S/C16H22BrN3O3/c1-2-7-18-16(22)19-15(21)11-20-8-9-23-14(10-20)12-3-5-13(17)6-4-12/h3-6,14H,2,7-11H2,1H3,(H2,18,19,21,22). The van der Waals surface area contributed by atoms with Gasteiger partial charge in [0.05, 0.1) is 19.3 Å². The number of imide groups is 1. The molecule has 1 unspecified atom stereocenters.